The number of hydrogen-bond acceptors (Lipinski definition) is 4. The maximum atomic E-state index is 11.7. The Balaban J connectivity index is 1.69. The molecule has 0 saturated heterocycles. The zero-order chi connectivity index (χ0) is 14.4. The number of aromatic nitrogens is 2. The first-order valence-corrected chi connectivity index (χ1v) is 6.25. The molecule has 1 unspecified atom stereocenters. The molecule has 0 bridgehead atoms. The van der Waals surface area contributed by atoms with Gasteiger partial charge in [0.05, 0.1) is 24.1 Å². The number of hydrogen-bond donors (Lipinski definition) is 3. The van der Waals surface area contributed by atoms with E-state index in [0.29, 0.717) is 5.56 Å². The van der Waals surface area contributed by atoms with Crippen LogP contribution >= 0.6 is 0 Å². The summed E-state index contributed by atoms with van der Waals surface area (Å²) in [6.45, 7) is 2.14. The molecule has 0 fully saturated rings. The monoisotopic (exact) mass is 276 g/mol. The van der Waals surface area contributed by atoms with E-state index in [-0.39, 0.29) is 30.8 Å². The molecule has 1 atom stereocenters. The third-order valence-corrected chi connectivity index (χ3v) is 2.82. The molecule has 106 valence electrons. The van der Waals surface area contributed by atoms with E-state index in [0.717, 1.165) is 5.56 Å². The zero-order valence-corrected chi connectivity index (χ0v) is 11.1. The summed E-state index contributed by atoms with van der Waals surface area (Å²) < 4.78 is 4.81. The van der Waals surface area contributed by atoms with Crippen molar-refractivity contribution in [2.45, 2.75) is 19.4 Å². The summed E-state index contributed by atoms with van der Waals surface area (Å²) in [4.78, 5) is 23.3. The van der Waals surface area contributed by atoms with Gasteiger partial charge in [0.1, 0.15) is 6.26 Å². The molecule has 0 spiro atoms. The van der Waals surface area contributed by atoms with Gasteiger partial charge in [0, 0.05) is 24.7 Å². The van der Waals surface area contributed by atoms with Crippen LogP contribution in [0.1, 0.15) is 35.3 Å². The van der Waals surface area contributed by atoms with E-state index in [4.69, 9.17) is 4.42 Å². The lowest BCUT2D eigenvalue weighted by molar-refractivity contribution is -0.121. The molecule has 0 aliphatic heterocycles. The van der Waals surface area contributed by atoms with Gasteiger partial charge in [0.2, 0.25) is 5.91 Å². The molecule has 20 heavy (non-hydrogen) atoms. The van der Waals surface area contributed by atoms with E-state index in [1.54, 1.807) is 18.5 Å². The van der Waals surface area contributed by atoms with Gasteiger partial charge in [-0.05, 0) is 13.0 Å². The largest absolute Gasteiger partial charge is 0.472 e. The third kappa shape index (κ3) is 3.71. The van der Waals surface area contributed by atoms with Crippen LogP contribution in [-0.2, 0) is 4.79 Å². The number of H-pyrrole nitrogens is 1. The molecule has 0 aliphatic rings. The second kappa shape index (κ2) is 6.55. The van der Waals surface area contributed by atoms with E-state index in [1.165, 1.54) is 12.5 Å². The fraction of sp³-hybridized carbons (Fsp3) is 0.308. The van der Waals surface area contributed by atoms with Gasteiger partial charge in [-0.15, -0.1) is 0 Å². The van der Waals surface area contributed by atoms with E-state index >= 15 is 0 Å². The Hall–Kier alpha value is -2.57. The number of amides is 2. The first kappa shape index (κ1) is 13.9. The molecule has 2 heterocycles. The number of rotatable bonds is 6. The molecule has 0 radical (unpaired) electrons. The molecule has 7 nitrogen and oxygen atoms in total. The number of aromatic amines is 1. The molecule has 0 saturated carbocycles. The average molecular weight is 276 g/mol. The molecule has 2 aromatic rings. The van der Waals surface area contributed by atoms with Crippen LogP contribution in [0.5, 0.6) is 0 Å². The summed E-state index contributed by atoms with van der Waals surface area (Å²) in [7, 11) is 0. The van der Waals surface area contributed by atoms with Crippen molar-refractivity contribution in [3.05, 3.63) is 42.1 Å². The van der Waals surface area contributed by atoms with Gasteiger partial charge in [0.15, 0.2) is 0 Å². The van der Waals surface area contributed by atoms with E-state index in [2.05, 4.69) is 20.8 Å². The van der Waals surface area contributed by atoms with Crippen LogP contribution in [0, 0.1) is 0 Å². The van der Waals surface area contributed by atoms with Gasteiger partial charge in [-0.1, -0.05) is 0 Å². The minimum atomic E-state index is -0.255. The highest BCUT2D eigenvalue weighted by Gasteiger charge is 2.11. The average Bonchev–Trinajstić information content (AvgIpc) is 3.12. The van der Waals surface area contributed by atoms with Crippen molar-refractivity contribution >= 4 is 11.8 Å². The lowest BCUT2D eigenvalue weighted by atomic mass is 10.2. The van der Waals surface area contributed by atoms with E-state index in [9.17, 15) is 9.59 Å². The standard InChI is InChI=1S/C13H16N4O3/c1-9(11-6-15-16-7-11)17-12(18)2-4-14-13(19)10-3-5-20-8-10/h3,5-9H,2,4H2,1H3,(H,14,19)(H,15,16)(H,17,18). The highest BCUT2D eigenvalue weighted by Crippen LogP contribution is 2.08. The normalized spacial score (nSPS) is 11.8. The Bertz CT molecular complexity index is 548. The Kier molecular flexibility index (Phi) is 4.54. The SMILES string of the molecule is CC(NC(=O)CCNC(=O)c1ccoc1)c1cn[nH]c1. The highest BCUT2D eigenvalue weighted by atomic mass is 16.3. The fourth-order valence-electron chi connectivity index (χ4n) is 1.68. The summed E-state index contributed by atoms with van der Waals surface area (Å²) in [5.41, 5.74) is 1.35. The molecule has 2 aromatic heterocycles. The molecular formula is C13H16N4O3. The van der Waals surface area contributed by atoms with Crippen molar-refractivity contribution in [3.8, 4) is 0 Å². The van der Waals surface area contributed by atoms with Crippen molar-refractivity contribution in [1.82, 2.24) is 20.8 Å². The van der Waals surface area contributed by atoms with Crippen molar-refractivity contribution in [2.24, 2.45) is 0 Å². The minimum absolute atomic E-state index is 0.120. The lowest BCUT2D eigenvalue weighted by Crippen LogP contribution is -2.31. The van der Waals surface area contributed by atoms with E-state index in [1.807, 2.05) is 6.92 Å². The Labute approximate surface area is 115 Å². The highest BCUT2D eigenvalue weighted by molar-refractivity contribution is 5.94. The summed E-state index contributed by atoms with van der Waals surface area (Å²) in [6.07, 6.45) is 6.38. The van der Waals surface area contributed by atoms with Crippen LogP contribution in [0.3, 0.4) is 0 Å². The molecule has 3 N–H and O–H groups in total. The maximum absolute atomic E-state index is 11.7. The van der Waals surface area contributed by atoms with Gasteiger partial charge >= 0.3 is 0 Å². The van der Waals surface area contributed by atoms with Crippen LogP contribution in [0.15, 0.2) is 35.4 Å². The predicted molar refractivity (Wildman–Crippen MR) is 70.8 cm³/mol. The summed E-state index contributed by atoms with van der Waals surface area (Å²) in [5, 5.41) is 12.0. The number of furan rings is 1. The van der Waals surface area contributed by atoms with Gasteiger partial charge in [0.25, 0.3) is 5.91 Å². The molecule has 7 heteroatoms. The fourth-order valence-corrected chi connectivity index (χ4v) is 1.68. The number of nitrogens with one attached hydrogen (secondary N) is 3. The zero-order valence-electron chi connectivity index (χ0n) is 11.1. The number of carbonyl (C=O) groups excluding carboxylic acids is 2. The first-order chi connectivity index (χ1) is 9.66. The van der Waals surface area contributed by atoms with Crippen LogP contribution in [0.2, 0.25) is 0 Å². The summed E-state index contributed by atoms with van der Waals surface area (Å²) in [6, 6.07) is 1.45. The Morgan fingerprint density at radius 3 is 3.00 bits per heavy atom. The first-order valence-electron chi connectivity index (χ1n) is 6.25. The maximum Gasteiger partial charge on any atom is 0.254 e. The van der Waals surface area contributed by atoms with Gasteiger partial charge in [-0.25, -0.2) is 0 Å². The van der Waals surface area contributed by atoms with Crippen molar-refractivity contribution in [2.75, 3.05) is 6.54 Å². The van der Waals surface area contributed by atoms with Crippen molar-refractivity contribution in [3.63, 3.8) is 0 Å². The molecule has 2 rings (SSSR count). The van der Waals surface area contributed by atoms with Crippen LogP contribution in [-0.4, -0.2) is 28.6 Å². The van der Waals surface area contributed by atoms with Gasteiger partial charge in [-0.2, -0.15) is 5.10 Å². The van der Waals surface area contributed by atoms with Crippen LogP contribution < -0.4 is 10.6 Å². The molecule has 0 aromatic carbocycles. The van der Waals surface area contributed by atoms with Crippen molar-refractivity contribution in [1.29, 1.82) is 0 Å². The molecule has 2 amide bonds. The topological polar surface area (TPSA) is 100 Å². The number of nitrogens with zero attached hydrogens (tertiary/aromatic N) is 1. The second-order valence-electron chi connectivity index (χ2n) is 4.34. The third-order valence-electron chi connectivity index (χ3n) is 2.82. The number of carbonyl (C=O) groups is 2. The summed E-state index contributed by atoms with van der Waals surface area (Å²) >= 11 is 0. The van der Waals surface area contributed by atoms with Crippen LogP contribution in [0.25, 0.3) is 0 Å². The quantitative estimate of drug-likeness (QED) is 0.732. The smallest absolute Gasteiger partial charge is 0.254 e. The van der Waals surface area contributed by atoms with E-state index < -0.39 is 0 Å². The second-order valence-corrected chi connectivity index (χ2v) is 4.34. The van der Waals surface area contributed by atoms with Gasteiger partial charge < -0.3 is 15.1 Å². The minimum Gasteiger partial charge on any atom is -0.472 e. The van der Waals surface area contributed by atoms with Crippen LogP contribution in [0.4, 0.5) is 0 Å². The lowest BCUT2D eigenvalue weighted by Gasteiger charge is -2.12. The summed E-state index contributed by atoms with van der Waals surface area (Å²) in [5.74, 6) is -0.388. The van der Waals surface area contributed by atoms with Crippen molar-refractivity contribution < 1.29 is 14.0 Å². The van der Waals surface area contributed by atoms with Gasteiger partial charge in [-0.3, -0.25) is 14.7 Å². The predicted octanol–water partition coefficient (Wildman–Crippen LogP) is 1.000. The Morgan fingerprint density at radius 1 is 1.50 bits per heavy atom. The molecule has 0 aliphatic carbocycles. The molecular weight excluding hydrogens is 260 g/mol. The Morgan fingerprint density at radius 2 is 2.35 bits per heavy atom.